The second kappa shape index (κ2) is 6.93. The van der Waals surface area contributed by atoms with Gasteiger partial charge in [0.1, 0.15) is 5.82 Å². The summed E-state index contributed by atoms with van der Waals surface area (Å²) in [7, 11) is 5.72. The van der Waals surface area contributed by atoms with Gasteiger partial charge in [-0.3, -0.25) is 4.79 Å². The van der Waals surface area contributed by atoms with Gasteiger partial charge in [0.25, 0.3) is 5.91 Å². The molecule has 128 valence electrons. The van der Waals surface area contributed by atoms with Crippen molar-refractivity contribution in [3.8, 4) is 0 Å². The van der Waals surface area contributed by atoms with E-state index in [1.165, 1.54) is 0 Å². The van der Waals surface area contributed by atoms with Crippen LogP contribution in [0.2, 0.25) is 0 Å². The van der Waals surface area contributed by atoms with Crippen molar-refractivity contribution in [2.75, 3.05) is 26.0 Å². The Balaban J connectivity index is 2.04. The zero-order valence-electron chi connectivity index (χ0n) is 15.1. The van der Waals surface area contributed by atoms with E-state index in [2.05, 4.69) is 4.98 Å². The molecule has 1 aromatic heterocycles. The minimum atomic E-state index is -0.0107. The van der Waals surface area contributed by atoms with Crippen molar-refractivity contribution in [1.29, 1.82) is 0 Å². The van der Waals surface area contributed by atoms with Gasteiger partial charge in [0.05, 0.1) is 17.1 Å². The average Bonchev–Trinajstić information content (AvgIpc) is 2.66. The van der Waals surface area contributed by atoms with E-state index in [1.807, 2.05) is 93.6 Å². The lowest BCUT2D eigenvalue weighted by molar-refractivity contribution is 0.0744. The first-order chi connectivity index (χ1) is 12.0. The van der Waals surface area contributed by atoms with Gasteiger partial charge >= 0.3 is 0 Å². The molecule has 2 aromatic carbocycles. The van der Waals surface area contributed by atoms with E-state index in [0.29, 0.717) is 5.56 Å². The molecule has 0 saturated heterocycles. The molecule has 4 heteroatoms. The third-order valence-electron chi connectivity index (χ3n) is 4.57. The molecule has 0 aliphatic heterocycles. The van der Waals surface area contributed by atoms with Crippen LogP contribution in [-0.4, -0.2) is 36.9 Å². The summed E-state index contributed by atoms with van der Waals surface area (Å²) in [5, 5.41) is 0.880. The van der Waals surface area contributed by atoms with Crippen LogP contribution in [0.25, 0.3) is 10.9 Å². The normalized spacial score (nSPS) is 12.0. The second-order valence-electron chi connectivity index (χ2n) is 6.44. The fourth-order valence-electron chi connectivity index (χ4n) is 2.89. The first-order valence-corrected chi connectivity index (χ1v) is 8.38. The molecule has 4 nitrogen and oxygen atoms in total. The first kappa shape index (κ1) is 17.0. The summed E-state index contributed by atoms with van der Waals surface area (Å²) < 4.78 is 0. The van der Waals surface area contributed by atoms with Crippen LogP contribution in [0.15, 0.2) is 60.7 Å². The molecule has 1 amide bonds. The summed E-state index contributed by atoms with van der Waals surface area (Å²) in [6.45, 7) is 2.05. The lowest BCUT2D eigenvalue weighted by Crippen LogP contribution is -2.30. The Morgan fingerprint density at radius 2 is 1.60 bits per heavy atom. The standard InChI is InChI=1S/C21H23N3O/c1-15(16-10-6-5-7-11-16)24(4)21(25)18-14-20(23(2)3)22-19-13-9-8-12-17(18)19/h5-15H,1-4H3/t15-/m1/s1. The van der Waals surface area contributed by atoms with Gasteiger partial charge < -0.3 is 9.80 Å². The molecule has 1 heterocycles. The van der Waals surface area contributed by atoms with Crippen molar-refractivity contribution in [3.05, 3.63) is 71.8 Å². The van der Waals surface area contributed by atoms with E-state index >= 15 is 0 Å². The van der Waals surface area contributed by atoms with E-state index in [4.69, 9.17) is 0 Å². The molecular weight excluding hydrogens is 310 g/mol. The summed E-state index contributed by atoms with van der Waals surface area (Å²) in [4.78, 5) is 21.6. The fourth-order valence-corrected chi connectivity index (χ4v) is 2.89. The van der Waals surface area contributed by atoms with Crippen molar-refractivity contribution < 1.29 is 4.79 Å². The highest BCUT2D eigenvalue weighted by Gasteiger charge is 2.22. The number of hydrogen-bond acceptors (Lipinski definition) is 3. The van der Waals surface area contributed by atoms with Gasteiger partial charge in [-0.15, -0.1) is 0 Å². The molecule has 0 aliphatic rings. The minimum absolute atomic E-state index is 0.00180. The highest BCUT2D eigenvalue weighted by molar-refractivity contribution is 6.07. The van der Waals surface area contributed by atoms with Crippen molar-refractivity contribution in [2.45, 2.75) is 13.0 Å². The van der Waals surface area contributed by atoms with Gasteiger partial charge in [0.15, 0.2) is 0 Å². The van der Waals surface area contributed by atoms with Crippen LogP contribution in [0.5, 0.6) is 0 Å². The van der Waals surface area contributed by atoms with Crippen LogP contribution in [0.4, 0.5) is 5.82 Å². The molecule has 25 heavy (non-hydrogen) atoms. The van der Waals surface area contributed by atoms with Gasteiger partial charge in [0, 0.05) is 26.5 Å². The van der Waals surface area contributed by atoms with E-state index in [0.717, 1.165) is 22.3 Å². The second-order valence-corrected chi connectivity index (χ2v) is 6.44. The number of pyridine rings is 1. The van der Waals surface area contributed by atoms with Crippen molar-refractivity contribution in [3.63, 3.8) is 0 Å². The third kappa shape index (κ3) is 3.33. The van der Waals surface area contributed by atoms with Crippen LogP contribution in [-0.2, 0) is 0 Å². The lowest BCUT2D eigenvalue weighted by Gasteiger charge is -2.26. The van der Waals surface area contributed by atoms with Crippen LogP contribution in [0.1, 0.15) is 28.9 Å². The van der Waals surface area contributed by atoms with Gasteiger partial charge in [0.2, 0.25) is 0 Å². The highest BCUT2D eigenvalue weighted by atomic mass is 16.2. The topological polar surface area (TPSA) is 36.4 Å². The van der Waals surface area contributed by atoms with Gasteiger partial charge in [-0.2, -0.15) is 0 Å². The summed E-state index contributed by atoms with van der Waals surface area (Å²) in [6.07, 6.45) is 0. The fraction of sp³-hybridized carbons (Fsp3) is 0.238. The van der Waals surface area contributed by atoms with E-state index in [-0.39, 0.29) is 11.9 Å². The summed E-state index contributed by atoms with van der Waals surface area (Å²) in [5.74, 6) is 0.779. The number of amides is 1. The molecule has 0 radical (unpaired) electrons. The maximum Gasteiger partial charge on any atom is 0.254 e. The number of nitrogens with zero attached hydrogens (tertiary/aromatic N) is 3. The van der Waals surface area contributed by atoms with E-state index in [1.54, 1.807) is 4.90 Å². The maximum atomic E-state index is 13.2. The number of hydrogen-bond donors (Lipinski definition) is 0. The maximum absolute atomic E-state index is 13.2. The molecule has 0 bridgehead atoms. The third-order valence-corrected chi connectivity index (χ3v) is 4.57. The lowest BCUT2D eigenvalue weighted by atomic mass is 10.0. The smallest absolute Gasteiger partial charge is 0.254 e. The number of benzene rings is 2. The Labute approximate surface area is 148 Å². The van der Waals surface area contributed by atoms with E-state index in [9.17, 15) is 4.79 Å². The SMILES string of the molecule is C[C@H](c1ccccc1)N(C)C(=O)c1cc(N(C)C)nc2ccccc12. The molecule has 0 unspecified atom stereocenters. The Hall–Kier alpha value is -2.88. The number of carbonyl (C=O) groups is 1. The molecular formula is C21H23N3O. The van der Waals surface area contributed by atoms with Crippen molar-refractivity contribution in [2.24, 2.45) is 0 Å². The predicted molar refractivity (Wildman–Crippen MR) is 103 cm³/mol. The van der Waals surface area contributed by atoms with Crippen molar-refractivity contribution >= 4 is 22.6 Å². The Morgan fingerprint density at radius 3 is 2.28 bits per heavy atom. The molecule has 0 spiro atoms. The van der Waals surface area contributed by atoms with Crippen LogP contribution in [0.3, 0.4) is 0 Å². The molecule has 3 rings (SSSR count). The largest absolute Gasteiger partial charge is 0.363 e. The Bertz CT molecular complexity index is 890. The number of fused-ring (bicyclic) bond motifs is 1. The molecule has 0 aliphatic carbocycles. The number of para-hydroxylation sites is 1. The number of rotatable bonds is 4. The molecule has 0 fully saturated rings. The number of carbonyl (C=O) groups excluding carboxylic acids is 1. The quantitative estimate of drug-likeness (QED) is 0.720. The van der Waals surface area contributed by atoms with Gasteiger partial charge in [-0.25, -0.2) is 4.98 Å². The molecule has 1 atom stereocenters. The summed E-state index contributed by atoms with van der Waals surface area (Å²) in [6, 6.07) is 19.7. The number of anilines is 1. The van der Waals surface area contributed by atoms with Crippen molar-refractivity contribution in [1.82, 2.24) is 9.88 Å². The van der Waals surface area contributed by atoms with Gasteiger partial charge in [-0.05, 0) is 24.6 Å². The van der Waals surface area contributed by atoms with Gasteiger partial charge in [-0.1, -0.05) is 48.5 Å². The van der Waals surface area contributed by atoms with Crippen LogP contribution >= 0.6 is 0 Å². The summed E-state index contributed by atoms with van der Waals surface area (Å²) in [5.41, 5.74) is 2.63. The molecule has 3 aromatic rings. The molecule has 0 N–H and O–H groups in total. The zero-order chi connectivity index (χ0) is 18.0. The monoisotopic (exact) mass is 333 g/mol. The Morgan fingerprint density at radius 1 is 0.960 bits per heavy atom. The highest BCUT2D eigenvalue weighted by Crippen LogP contribution is 2.26. The van der Waals surface area contributed by atoms with Crippen LogP contribution < -0.4 is 4.90 Å². The van der Waals surface area contributed by atoms with Crippen LogP contribution in [0, 0.1) is 0 Å². The average molecular weight is 333 g/mol. The first-order valence-electron chi connectivity index (χ1n) is 8.38. The number of aromatic nitrogens is 1. The predicted octanol–water partition coefficient (Wildman–Crippen LogP) is 4.13. The summed E-state index contributed by atoms with van der Waals surface area (Å²) >= 11 is 0. The molecule has 0 saturated carbocycles. The minimum Gasteiger partial charge on any atom is -0.363 e. The zero-order valence-corrected chi connectivity index (χ0v) is 15.1. The van der Waals surface area contributed by atoms with E-state index < -0.39 is 0 Å². The Kier molecular flexibility index (Phi) is 4.70.